The predicted molar refractivity (Wildman–Crippen MR) is 131 cm³/mol. The number of anilines is 1. The van der Waals surface area contributed by atoms with Crippen LogP contribution in [0.15, 0.2) is 78.9 Å². The van der Waals surface area contributed by atoms with E-state index in [-0.39, 0.29) is 16.9 Å². The first-order valence-electron chi connectivity index (χ1n) is 10.2. The minimum Gasteiger partial charge on any atom is -0.385 e. The Hall–Kier alpha value is -3.55. The predicted octanol–water partition coefficient (Wildman–Crippen LogP) is 4.25. The molecule has 0 heterocycles. The number of carbonyl (C=O) groups excluding carboxylic acids is 2. The van der Waals surface area contributed by atoms with Crippen LogP contribution < -0.4 is 16.0 Å². The maximum absolute atomic E-state index is 12.5. The Labute approximate surface area is 193 Å². The quantitative estimate of drug-likeness (QED) is 0.355. The van der Waals surface area contributed by atoms with Gasteiger partial charge in [-0.2, -0.15) is 0 Å². The van der Waals surface area contributed by atoms with Gasteiger partial charge in [0.2, 0.25) is 0 Å². The molecular formula is C25H25N3O3S. The van der Waals surface area contributed by atoms with Crippen molar-refractivity contribution in [2.45, 2.75) is 6.42 Å². The van der Waals surface area contributed by atoms with E-state index in [0.29, 0.717) is 30.0 Å². The number of thiocarbonyl (C=S) groups is 1. The molecule has 0 aliphatic heterocycles. The molecule has 0 fully saturated rings. The lowest BCUT2D eigenvalue weighted by atomic mass is 10.0. The summed E-state index contributed by atoms with van der Waals surface area (Å²) in [6.07, 6.45) is 0.739. The number of carbonyl (C=O) groups is 2. The van der Waals surface area contributed by atoms with Gasteiger partial charge in [-0.25, -0.2) is 0 Å². The molecule has 0 bridgehead atoms. The van der Waals surface area contributed by atoms with E-state index in [0.717, 1.165) is 17.5 Å². The van der Waals surface area contributed by atoms with Crippen LogP contribution in [-0.2, 0) is 4.74 Å². The van der Waals surface area contributed by atoms with Gasteiger partial charge in [0.15, 0.2) is 5.11 Å². The molecule has 32 heavy (non-hydrogen) atoms. The topological polar surface area (TPSA) is 79.5 Å². The highest BCUT2D eigenvalue weighted by molar-refractivity contribution is 7.80. The Kier molecular flexibility index (Phi) is 8.48. The second kappa shape index (κ2) is 11.7. The highest BCUT2D eigenvalue weighted by Crippen LogP contribution is 2.19. The van der Waals surface area contributed by atoms with Crippen LogP contribution in [0.3, 0.4) is 0 Å². The summed E-state index contributed by atoms with van der Waals surface area (Å²) in [5, 5.41) is 8.61. The molecule has 0 saturated heterocycles. The van der Waals surface area contributed by atoms with Crippen molar-refractivity contribution in [2.75, 3.05) is 25.6 Å². The fraction of sp³-hybridized carbons (Fsp3) is 0.160. The number of rotatable bonds is 8. The van der Waals surface area contributed by atoms with E-state index in [1.807, 2.05) is 42.5 Å². The van der Waals surface area contributed by atoms with Gasteiger partial charge in [-0.05, 0) is 60.1 Å². The van der Waals surface area contributed by atoms with Gasteiger partial charge in [0, 0.05) is 37.1 Å². The molecule has 3 aromatic carbocycles. The number of hydrogen-bond donors (Lipinski definition) is 3. The third-order valence-electron chi connectivity index (χ3n) is 4.67. The van der Waals surface area contributed by atoms with Crippen molar-refractivity contribution in [1.29, 1.82) is 0 Å². The lowest BCUT2D eigenvalue weighted by Crippen LogP contribution is -2.34. The summed E-state index contributed by atoms with van der Waals surface area (Å²) < 4.78 is 4.97. The van der Waals surface area contributed by atoms with Crippen molar-refractivity contribution in [2.24, 2.45) is 0 Å². The Morgan fingerprint density at radius 2 is 1.56 bits per heavy atom. The number of amides is 2. The van der Waals surface area contributed by atoms with Gasteiger partial charge >= 0.3 is 0 Å². The first-order chi connectivity index (χ1) is 15.6. The Morgan fingerprint density at radius 3 is 2.28 bits per heavy atom. The molecule has 7 heteroatoms. The van der Waals surface area contributed by atoms with Crippen molar-refractivity contribution in [3.8, 4) is 11.1 Å². The van der Waals surface area contributed by atoms with Crippen LogP contribution in [0.5, 0.6) is 0 Å². The number of hydrogen-bond acceptors (Lipinski definition) is 4. The highest BCUT2D eigenvalue weighted by atomic mass is 32.1. The van der Waals surface area contributed by atoms with Crippen LogP contribution in [0.2, 0.25) is 0 Å². The summed E-state index contributed by atoms with van der Waals surface area (Å²) in [5.41, 5.74) is 3.72. The highest BCUT2D eigenvalue weighted by Gasteiger charge is 2.10. The lowest BCUT2D eigenvalue weighted by Gasteiger charge is -2.11. The molecule has 6 nitrogen and oxygen atoms in total. The summed E-state index contributed by atoms with van der Waals surface area (Å²) in [5.74, 6) is -0.493. The largest absolute Gasteiger partial charge is 0.385 e. The summed E-state index contributed by atoms with van der Waals surface area (Å²) in [4.78, 5) is 24.8. The van der Waals surface area contributed by atoms with Crippen molar-refractivity contribution < 1.29 is 14.3 Å². The van der Waals surface area contributed by atoms with Crippen LogP contribution >= 0.6 is 12.2 Å². The lowest BCUT2D eigenvalue weighted by molar-refractivity contribution is 0.0946. The van der Waals surface area contributed by atoms with Crippen molar-refractivity contribution in [3.63, 3.8) is 0 Å². The normalized spacial score (nSPS) is 10.3. The van der Waals surface area contributed by atoms with E-state index >= 15 is 0 Å². The molecule has 0 aliphatic rings. The summed E-state index contributed by atoms with van der Waals surface area (Å²) >= 11 is 5.27. The zero-order valence-electron chi connectivity index (χ0n) is 17.8. The van der Waals surface area contributed by atoms with Crippen molar-refractivity contribution >= 4 is 34.8 Å². The molecule has 0 atom stereocenters. The van der Waals surface area contributed by atoms with Crippen molar-refractivity contribution in [1.82, 2.24) is 10.6 Å². The average molecular weight is 448 g/mol. The van der Waals surface area contributed by atoms with E-state index in [1.54, 1.807) is 43.5 Å². The molecule has 3 N–H and O–H groups in total. The molecule has 0 spiro atoms. The van der Waals surface area contributed by atoms with Crippen molar-refractivity contribution in [3.05, 3.63) is 90.0 Å². The van der Waals surface area contributed by atoms with Crippen LogP contribution in [0.4, 0.5) is 5.69 Å². The fourth-order valence-electron chi connectivity index (χ4n) is 3.04. The molecule has 3 rings (SSSR count). The second-order valence-electron chi connectivity index (χ2n) is 7.03. The summed E-state index contributed by atoms with van der Waals surface area (Å²) in [6, 6.07) is 24.2. The Bertz CT molecular complexity index is 1070. The number of ether oxygens (including phenoxy) is 1. The van der Waals surface area contributed by atoms with Gasteiger partial charge in [-0.3, -0.25) is 14.9 Å². The fourth-order valence-corrected chi connectivity index (χ4v) is 3.25. The first kappa shape index (κ1) is 23.1. The van der Waals surface area contributed by atoms with E-state index in [9.17, 15) is 9.59 Å². The van der Waals surface area contributed by atoms with E-state index in [1.165, 1.54) is 0 Å². The van der Waals surface area contributed by atoms with Crippen LogP contribution in [0.25, 0.3) is 11.1 Å². The van der Waals surface area contributed by atoms with Gasteiger partial charge in [0.25, 0.3) is 11.8 Å². The van der Waals surface area contributed by atoms with Gasteiger partial charge in [0.1, 0.15) is 0 Å². The molecule has 0 saturated carbocycles. The third kappa shape index (κ3) is 6.73. The zero-order chi connectivity index (χ0) is 22.8. The average Bonchev–Trinajstić information content (AvgIpc) is 2.82. The minimum atomic E-state index is -0.311. The molecule has 0 radical (unpaired) electrons. The van der Waals surface area contributed by atoms with Crippen LogP contribution in [0, 0.1) is 0 Å². The third-order valence-corrected chi connectivity index (χ3v) is 4.88. The molecule has 0 unspecified atom stereocenters. The molecule has 164 valence electrons. The zero-order valence-corrected chi connectivity index (χ0v) is 18.6. The van der Waals surface area contributed by atoms with Crippen LogP contribution in [-0.4, -0.2) is 37.2 Å². The Morgan fingerprint density at radius 1 is 0.844 bits per heavy atom. The monoisotopic (exact) mass is 447 g/mol. The van der Waals surface area contributed by atoms with E-state index in [4.69, 9.17) is 17.0 Å². The number of benzene rings is 3. The standard InChI is InChI=1S/C25H25N3O3S/c1-31-16-6-15-26-23(29)21-9-5-10-22(17-21)27-25(32)28-24(30)20-13-11-19(12-14-20)18-7-3-2-4-8-18/h2-5,7-14,17H,6,15-16H2,1H3,(H,26,29)(H2,27,28,30,32). The maximum atomic E-state index is 12.5. The molecular weight excluding hydrogens is 422 g/mol. The van der Waals surface area contributed by atoms with E-state index < -0.39 is 0 Å². The van der Waals surface area contributed by atoms with Gasteiger partial charge in [0.05, 0.1) is 0 Å². The molecule has 3 aromatic rings. The first-order valence-corrected chi connectivity index (χ1v) is 10.6. The maximum Gasteiger partial charge on any atom is 0.257 e. The van der Waals surface area contributed by atoms with Gasteiger partial charge < -0.3 is 15.4 Å². The minimum absolute atomic E-state index is 0.153. The second-order valence-corrected chi connectivity index (χ2v) is 7.44. The van der Waals surface area contributed by atoms with Gasteiger partial charge in [-0.1, -0.05) is 48.5 Å². The Balaban J connectivity index is 1.55. The van der Waals surface area contributed by atoms with Crippen LogP contribution in [0.1, 0.15) is 27.1 Å². The molecule has 0 aromatic heterocycles. The summed E-state index contributed by atoms with van der Waals surface area (Å²) in [6.45, 7) is 1.12. The van der Waals surface area contributed by atoms with E-state index in [2.05, 4.69) is 16.0 Å². The molecule has 0 aliphatic carbocycles. The summed E-state index contributed by atoms with van der Waals surface area (Å²) in [7, 11) is 1.62. The number of nitrogens with one attached hydrogen (secondary N) is 3. The number of methoxy groups -OCH3 is 1. The SMILES string of the molecule is COCCCNC(=O)c1cccc(NC(=S)NC(=O)c2ccc(-c3ccccc3)cc2)c1. The van der Waals surface area contributed by atoms with Gasteiger partial charge in [-0.15, -0.1) is 0 Å². The smallest absolute Gasteiger partial charge is 0.257 e. The molecule has 2 amide bonds.